The molecular weight excluding hydrogens is 232 g/mol. The third-order valence-corrected chi connectivity index (χ3v) is 4.41. The number of nitrogens with one attached hydrogen (secondary N) is 1. The van der Waals surface area contributed by atoms with Crippen molar-refractivity contribution < 1.29 is 14.7 Å². The highest BCUT2D eigenvalue weighted by molar-refractivity contribution is 5.83. The quantitative estimate of drug-likeness (QED) is 0.774. The Labute approximate surface area is 108 Å². The average molecular weight is 254 g/mol. The molecule has 2 fully saturated rings. The fraction of sp³-hybridized carbons (Fsp3) is 0.846. The van der Waals surface area contributed by atoms with Crippen LogP contribution in [0, 0.1) is 11.8 Å². The van der Waals surface area contributed by atoms with Crippen LogP contribution in [-0.4, -0.2) is 47.1 Å². The van der Waals surface area contributed by atoms with Gasteiger partial charge in [-0.1, -0.05) is 6.42 Å². The molecule has 5 nitrogen and oxygen atoms in total. The van der Waals surface area contributed by atoms with Crippen LogP contribution in [-0.2, 0) is 9.59 Å². The molecule has 2 aliphatic rings. The second kappa shape index (κ2) is 5.26. The van der Waals surface area contributed by atoms with Crippen LogP contribution in [0.25, 0.3) is 0 Å². The lowest BCUT2D eigenvalue weighted by atomic mass is 9.94. The zero-order valence-electron chi connectivity index (χ0n) is 11.1. The van der Waals surface area contributed by atoms with Gasteiger partial charge in [0.05, 0.1) is 6.04 Å². The number of fused-ring (bicyclic) bond motifs is 1. The van der Waals surface area contributed by atoms with Gasteiger partial charge >= 0.3 is 5.97 Å². The van der Waals surface area contributed by atoms with Crippen molar-refractivity contribution in [3.63, 3.8) is 0 Å². The number of carbonyl (C=O) groups excluding carboxylic acids is 1. The number of carbonyl (C=O) groups is 2. The number of likely N-dealkylation sites (N-methyl/N-ethyl adjacent to an activating group) is 1. The predicted molar refractivity (Wildman–Crippen MR) is 67.1 cm³/mol. The normalized spacial score (nSPS) is 33.1. The average Bonchev–Trinajstić information content (AvgIpc) is 2.86. The molecule has 0 aromatic heterocycles. The summed E-state index contributed by atoms with van der Waals surface area (Å²) in [5.41, 5.74) is 0. The minimum absolute atomic E-state index is 0.0660. The summed E-state index contributed by atoms with van der Waals surface area (Å²) in [6.45, 7) is 5.02. The van der Waals surface area contributed by atoms with Crippen LogP contribution in [0.5, 0.6) is 0 Å². The Kier molecular flexibility index (Phi) is 3.90. The number of carboxylic acids is 1. The Hall–Kier alpha value is -1.10. The minimum Gasteiger partial charge on any atom is -0.480 e. The van der Waals surface area contributed by atoms with Crippen molar-refractivity contribution in [1.29, 1.82) is 0 Å². The van der Waals surface area contributed by atoms with E-state index in [-0.39, 0.29) is 17.9 Å². The molecule has 102 valence electrons. The van der Waals surface area contributed by atoms with Gasteiger partial charge in [0.1, 0.15) is 6.04 Å². The second-order valence-corrected chi connectivity index (χ2v) is 5.41. The van der Waals surface area contributed by atoms with E-state index in [1.807, 2.05) is 18.7 Å². The van der Waals surface area contributed by atoms with Gasteiger partial charge in [0.25, 0.3) is 0 Å². The van der Waals surface area contributed by atoms with Crippen molar-refractivity contribution in [2.24, 2.45) is 11.8 Å². The smallest absolute Gasteiger partial charge is 0.321 e. The highest BCUT2D eigenvalue weighted by Crippen LogP contribution is 2.42. The van der Waals surface area contributed by atoms with Crippen LogP contribution in [0.1, 0.15) is 33.1 Å². The van der Waals surface area contributed by atoms with Crippen molar-refractivity contribution in [2.45, 2.75) is 45.2 Å². The van der Waals surface area contributed by atoms with Gasteiger partial charge in [-0.05, 0) is 38.5 Å². The van der Waals surface area contributed by atoms with Crippen LogP contribution >= 0.6 is 0 Å². The van der Waals surface area contributed by atoms with Crippen molar-refractivity contribution in [1.82, 2.24) is 10.2 Å². The summed E-state index contributed by atoms with van der Waals surface area (Å²) < 4.78 is 0. The molecule has 1 aliphatic carbocycles. The van der Waals surface area contributed by atoms with Crippen LogP contribution in [0.4, 0.5) is 0 Å². The molecule has 0 aromatic carbocycles. The van der Waals surface area contributed by atoms with Crippen molar-refractivity contribution in [3.8, 4) is 0 Å². The Morgan fingerprint density at radius 1 is 1.44 bits per heavy atom. The first-order chi connectivity index (χ1) is 8.56. The molecule has 1 aliphatic heterocycles. The zero-order valence-corrected chi connectivity index (χ0v) is 11.1. The highest BCUT2D eigenvalue weighted by atomic mass is 16.4. The summed E-state index contributed by atoms with van der Waals surface area (Å²) in [7, 11) is 0. The highest BCUT2D eigenvalue weighted by Gasteiger charge is 2.49. The number of rotatable bonds is 4. The number of hydrogen-bond acceptors (Lipinski definition) is 3. The van der Waals surface area contributed by atoms with Gasteiger partial charge in [-0.3, -0.25) is 14.5 Å². The Bertz CT molecular complexity index is 345. The second-order valence-electron chi connectivity index (χ2n) is 5.41. The van der Waals surface area contributed by atoms with E-state index < -0.39 is 12.0 Å². The molecule has 1 saturated heterocycles. The number of aliphatic carboxylic acids is 1. The van der Waals surface area contributed by atoms with E-state index in [0.717, 1.165) is 25.8 Å². The Morgan fingerprint density at radius 2 is 2.17 bits per heavy atom. The summed E-state index contributed by atoms with van der Waals surface area (Å²) in [4.78, 5) is 25.2. The largest absolute Gasteiger partial charge is 0.480 e. The van der Waals surface area contributed by atoms with Gasteiger partial charge < -0.3 is 10.4 Å². The number of hydrogen-bond donors (Lipinski definition) is 2. The molecule has 4 unspecified atom stereocenters. The molecule has 0 aromatic rings. The summed E-state index contributed by atoms with van der Waals surface area (Å²) in [5.74, 6) is -0.147. The topological polar surface area (TPSA) is 69.6 Å². The lowest BCUT2D eigenvalue weighted by Crippen LogP contribution is -2.50. The molecule has 18 heavy (non-hydrogen) atoms. The standard InChI is InChI=1S/C13H22N2O3/c1-3-14-12(16)8(2)15-7-9-5-4-6-10(9)11(15)13(17)18/h8-11H,3-7H2,1-2H3,(H,14,16)(H,17,18). The third kappa shape index (κ3) is 2.23. The van der Waals surface area contributed by atoms with Gasteiger partial charge in [-0.2, -0.15) is 0 Å². The Balaban J connectivity index is 2.12. The maximum Gasteiger partial charge on any atom is 0.321 e. The molecule has 0 bridgehead atoms. The summed E-state index contributed by atoms with van der Waals surface area (Å²) in [6.07, 6.45) is 3.22. The maximum atomic E-state index is 11.9. The van der Waals surface area contributed by atoms with Gasteiger partial charge in [-0.25, -0.2) is 0 Å². The van der Waals surface area contributed by atoms with Crippen LogP contribution in [0.3, 0.4) is 0 Å². The minimum atomic E-state index is -0.777. The molecule has 0 spiro atoms. The number of likely N-dealkylation sites (tertiary alicyclic amines) is 1. The molecule has 2 N–H and O–H groups in total. The van der Waals surface area contributed by atoms with Crippen molar-refractivity contribution >= 4 is 11.9 Å². The van der Waals surface area contributed by atoms with Crippen LogP contribution in [0.2, 0.25) is 0 Å². The first-order valence-electron chi connectivity index (χ1n) is 6.82. The SMILES string of the molecule is CCNC(=O)C(C)N1CC2CCCC2C1C(=O)O. The van der Waals surface area contributed by atoms with Gasteiger partial charge in [0, 0.05) is 13.1 Å². The van der Waals surface area contributed by atoms with Gasteiger partial charge in [0.2, 0.25) is 5.91 Å². The van der Waals surface area contributed by atoms with Crippen LogP contribution < -0.4 is 5.32 Å². The summed E-state index contributed by atoms with van der Waals surface area (Å²) >= 11 is 0. The summed E-state index contributed by atoms with van der Waals surface area (Å²) in [5, 5.41) is 12.2. The first-order valence-corrected chi connectivity index (χ1v) is 6.82. The third-order valence-electron chi connectivity index (χ3n) is 4.41. The Morgan fingerprint density at radius 3 is 2.78 bits per heavy atom. The van der Waals surface area contributed by atoms with E-state index in [1.165, 1.54) is 0 Å². The molecule has 1 amide bonds. The van der Waals surface area contributed by atoms with Gasteiger partial charge in [0.15, 0.2) is 0 Å². The fourth-order valence-corrected chi connectivity index (χ4v) is 3.53. The number of nitrogens with zero attached hydrogens (tertiary/aromatic N) is 1. The summed E-state index contributed by atoms with van der Waals surface area (Å²) in [6, 6.07) is -0.827. The first kappa shape index (κ1) is 13.3. The van der Waals surface area contributed by atoms with E-state index in [1.54, 1.807) is 0 Å². The molecule has 1 heterocycles. The van der Waals surface area contributed by atoms with E-state index in [2.05, 4.69) is 5.32 Å². The predicted octanol–water partition coefficient (Wildman–Crippen LogP) is 0.696. The monoisotopic (exact) mass is 254 g/mol. The molecule has 0 radical (unpaired) electrons. The van der Waals surface area contributed by atoms with Crippen LogP contribution in [0.15, 0.2) is 0 Å². The molecule has 2 rings (SSSR count). The molecule has 5 heteroatoms. The molecule has 1 saturated carbocycles. The number of carboxylic acid groups (broad SMARTS) is 1. The lowest BCUT2D eigenvalue weighted by molar-refractivity contribution is -0.145. The van der Waals surface area contributed by atoms with E-state index in [9.17, 15) is 14.7 Å². The van der Waals surface area contributed by atoms with Crippen molar-refractivity contribution in [3.05, 3.63) is 0 Å². The molecule has 4 atom stereocenters. The molecular formula is C13H22N2O3. The number of amides is 1. The fourth-order valence-electron chi connectivity index (χ4n) is 3.53. The lowest BCUT2D eigenvalue weighted by Gasteiger charge is -2.29. The zero-order chi connectivity index (χ0) is 13.3. The maximum absolute atomic E-state index is 11.9. The van der Waals surface area contributed by atoms with Crippen molar-refractivity contribution in [2.75, 3.05) is 13.1 Å². The van der Waals surface area contributed by atoms with Gasteiger partial charge in [-0.15, -0.1) is 0 Å². The van der Waals surface area contributed by atoms with E-state index in [0.29, 0.717) is 12.5 Å². The van der Waals surface area contributed by atoms with E-state index >= 15 is 0 Å². The van der Waals surface area contributed by atoms with E-state index in [4.69, 9.17) is 0 Å².